The minimum absolute atomic E-state index is 0.00905. The van der Waals surface area contributed by atoms with Gasteiger partial charge in [0.25, 0.3) is 0 Å². The van der Waals surface area contributed by atoms with E-state index in [9.17, 15) is 0 Å². The molecule has 0 atom stereocenters. The van der Waals surface area contributed by atoms with Crippen molar-refractivity contribution in [3.63, 3.8) is 0 Å². The highest BCUT2D eigenvalue weighted by molar-refractivity contribution is 6.31. The molecule has 1 rings (SSSR count). The molecule has 0 saturated heterocycles. The first-order chi connectivity index (χ1) is 7.08. The number of hydrogen-bond donors (Lipinski definition) is 0. The highest BCUT2D eigenvalue weighted by Crippen LogP contribution is 2.10. The smallest absolute Gasteiger partial charge is 0.322 e. The van der Waals surface area contributed by atoms with Crippen molar-refractivity contribution in [2.24, 2.45) is 0 Å². The number of rotatable bonds is 5. The molecular weight excluding hydrogens is 241 g/mol. The van der Waals surface area contributed by atoms with Crippen molar-refractivity contribution in [3.8, 4) is 6.01 Å². The van der Waals surface area contributed by atoms with E-state index in [0.29, 0.717) is 13.2 Å². The molecule has 0 aliphatic heterocycles. The molecule has 1 heterocycles. The van der Waals surface area contributed by atoms with Gasteiger partial charge in [0.2, 0.25) is 10.6 Å². The molecule has 84 valence electrons. The largest absolute Gasteiger partial charge is 0.461 e. The fourth-order valence-electron chi connectivity index (χ4n) is 0.790. The highest BCUT2D eigenvalue weighted by Gasteiger charge is 2.03. The molecule has 15 heavy (non-hydrogen) atoms. The van der Waals surface area contributed by atoms with Crippen LogP contribution in [0, 0.1) is 0 Å². The second-order valence-electron chi connectivity index (χ2n) is 2.92. The quantitative estimate of drug-likeness (QED) is 0.750. The van der Waals surface area contributed by atoms with Gasteiger partial charge in [0.05, 0.1) is 12.7 Å². The monoisotopic (exact) mass is 251 g/mol. The third-order valence-electron chi connectivity index (χ3n) is 1.33. The first-order valence-corrected chi connectivity index (χ1v) is 5.15. The van der Waals surface area contributed by atoms with Gasteiger partial charge in [0, 0.05) is 0 Å². The summed E-state index contributed by atoms with van der Waals surface area (Å²) < 4.78 is 10.4. The van der Waals surface area contributed by atoms with Crippen molar-refractivity contribution in [3.05, 3.63) is 10.6 Å². The Labute approximate surface area is 97.7 Å². The number of nitrogens with zero attached hydrogens (tertiary/aromatic N) is 3. The van der Waals surface area contributed by atoms with Gasteiger partial charge in [-0.2, -0.15) is 15.0 Å². The predicted molar refractivity (Wildman–Crippen MR) is 56.4 cm³/mol. The maximum atomic E-state index is 5.56. The summed E-state index contributed by atoms with van der Waals surface area (Å²) in [7, 11) is 0. The SMILES string of the molecule is CC(C)OCCOc1nc(Cl)nc(Cl)n1. The Bertz CT molecular complexity index is 303. The lowest BCUT2D eigenvalue weighted by molar-refractivity contribution is 0.0530. The summed E-state index contributed by atoms with van der Waals surface area (Å²) in [5, 5.41) is 0.0181. The number of ether oxygens (including phenoxy) is 2. The zero-order chi connectivity index (χ0) is 11.3. The van der Waals surface area contributed by atoms with Crippen LogP contribution in [0.5, 0.6) is 6.01 Å². The van der Waals surface area contributed by atoms with E-state index < -0.39 is 0 Å². The molecular formula is C8H11Cl2N3O2. The van der Waals surface area contributed by atoms with Crippen LogP contribution in [-0.2, 0) is 4.74 Å². The molecule has 7 heteroatoms. The zero-order valence-corrected chi connectivity index (χ0v) is 9.92. The van der Waals surface area contributed by atoms with Crippen LogP contribution in [0.4, 0.5) is 0 Å². The second-order valence-corrected chi connectivity index (χ2v) is 3.60. The molecule has 0 aliphatic rings. The average Bonchev–Trinajstić information content (AvgIpc) is 2.10. The van der Waals surface area contributed by atoms with Gasteiger partial charge in [-0.3, -0.25) is 0 Å². The topological polar surface area (TPSA) is 57.1 Å². The van der Waals surface area contributed by atoms with Gasteiger partial charge in [-0.15, -0.1) is 0 Å². The van der Waals surface area contributed by atoms with Crippen LogP contribution in [0.25, 0.3) is 0 Å². The Balaban J connectivity index is 2.37. The number of hydrogen-bond acceptors (Lipinski definition) is 5. The van der Waals surface area contributed by atoms with E-state index in [0.717, 1.165) is 0 Å². The molecule has 0 amide bonds. The molecule has 0 N–H and O–H groups in total. The standard InChI is InChI=1S/C8H11Cl2N3O2/c1-5(2)14-3-4-15-8-12-6(9)11-7(10)13-8/h5H,3-4H2,1-2H3. The fourth-order valence-corrected chi connectivity index (χ4v) is 1.14. The zero-order valence-electron chi connectivity index (χ0n) is 8.41. The predicted octanol–water partition coefficient (Wildman–Crippen LogP) is 1.98. The normalized spacial score (nSPS) is 10.7. The van der Waals surface area contributed by atoms with E-state index in [1.807, 2.05) is 13.8 Å². The summed E-state index contributed by atoms with van der Waals surface area (Å²) in [6.07, 6.45) is 0.166. The van der Waals surface area contributed by atoms with Crippen molar-refractivity contribution in [1.82, 2.24) is 15.0 Å². The van der Waals surface area contributed by atoms with Gasteiger partial charge in [-0.05, 0) is 37.0 Å². The first-order valence-electron chi connectivity index (χ1n) is 4.39. The maximum absolute atomic E-state index is 5.56. The lowest BCUT2D eigenvalue weighted by atomic mass is 10.5. The minimum atomic E-state index is 0.00905. The van der Waals surface area contributed by atoms with Gasteiger partial charge in [-0.1, -0.05) is 0 Å². The Morgan fingerprint density at radius 3 is 2.20 bits per heavy atom. The van der Waals surface area contributed by atoms with Crippen LogP contribution in [-0.4, -0.2) is 34.3 Å². The molecule has 0 saturated carbocycles. The molecule has 0 spiro atoms. The second kappa shape index (κ2) is 6.05. The van der Waals surface area contributed by atoms with Gasteiger partial charge in [0.1, 0.15) is 6.61 Å². The van der Waals surface area contributed by atoms with Gasteiger partial charge in [0.15, 0.2) is 0 Å². The molecule has 0 aromatic carbocycles. The lowest BCUT2D eigenvalue weighted by Gasteiger charge is -2.07. The van der Waals surface area contributed by atoms with Crippen LogP contribution >= 0.6 is 23.2 Å². The highest BCUT2D eigenvalue weighted by atomic mass is 35.5. The van der Waals surface area contributed by atoms with Crippen molar-refractivity contribution >= 4 is 23.2 Å². The van der Waals surface area contributed by atoms with Crippen LogP contribution < -0.4 is 4.74 Å². The molecule has 1 aromatic heterocycles. The Morgan fingerprint density at radius 2 is 1.67 bits per heavy atom. The molecule has 0 unspecified atom stereocenters. The van der Waals surface area contributed by atoms with Crippen LogP contribution in [0.3, 0.4) is 0 Å². The fraction of sp³-hybridized carbons (Fsp3) is 0.625. The molecule has 0 aliphatic carbocycles. The van der Waals surface area contributed by atoms with E-state index in [1.165, 1.54) is 0 Å². The van der Waals surface area contributed by atoms with E-state index in [2.05, 4.69) is 15.0 Å². The molecule has 0 fully saturated rings. The van der Waals surface area contributed by atoms with E-state index in [-0.39, 0.29) is 22.7 Å². The van der Waals surface area contributed by atoms with Crippen molar-refractivity contribution in [2.45, 2.75) is 20.0 Å². The van der Waals surface area contributed by atoms with Crippen LogP contribution in [0.15, 0.2) is 0 Å². The first kappa shape index (κ1) is 12.4. The van der Waals surface area contributed by atoms with E-state index in [4.69, 9.17) is 32.7 Å². The van der Waals surface area contributed by atoms with Crippen molar-refractivity contribution < 1.29 is 9.47 Å². The minimum Gasteiger partial charge on any atom is -0.461 e. The summed E-state index contributed by atoms with van der Waals surface area (Å²) in [4.78, 5) is 11.1. The molecule has 1 aromatic rings. The summed E-state index contributed by atoms with van der Waals surface area (Å²) in [5.41, 5.74) is 0. The van der Waals surface area contributed by atoms with Crippen molar-refractivity contribution in [2.75, 3.05) is 13.2 Å². The van der Waals surface area contributed by atoms with Crippen LogP contribution in [0.2, 0.25) is 10.6 Å². The third kappa shape index (κ3) is 5.11. The summed E-state index contributed by atoms with van der Waals surface area (Å²) in [6.45, 7) is 4.68. The van der Waals surface area contributed by atoms with Crippen molar-refractivity contribution in [1.29, 1.82) is 0 Å². The Kier molecular flexibility index (Phi) is 5.01. The van der Waals surface area contributed by atoms with Gasteiger partial charge >= 0.3 is 6.01 Å². The third-order valence-corrected chi connectivity index (χ3v) is 1.66. The maximum Gasteiger partial charge on any atom is 0.322 e. The van der Waals surface area contributed by atoms with Gasteiger partial charge in [-0.25, -0.2) is 0 Å². The lowest BCUT2D eigenvalue weighted by Crippen LogP contribution is -2.12. The number of aromatic nitrogens is 3. The van der Waals surface area contributed by atoms with E-state index >= 15 is 0 Å². The summed E-state index contributed by atoms with van der Waals surface area (Å²) in [5.74, 6) is 0. The molecule has 5 nitrogen and oxygen atoms in total. The molecule has 0 bridgehead atoms. The summed E-state index contributed by atoms with van der Waals surface area (Å²) >= 11 is 11.1. The Hall–Kier alpha value is -0.650. The summed E-state index contributed by atoms with van der Waals surface area (Å²) in [6, 6.07) is 0.104. The van der Waals surface area contributed by atoms with E-state index in [1.54, 1.807) is 0 Å². The van der Waals surface area contributed by atoms with Gasteiger partial charge < -0.3 is 9.47 Å². The molecule has 0 radical (unpaired) electrons. The van der Waals surface area contributed by atoms with Crippen LogP contribution in [0.1, 0.15) is 13.8 Å². The average molecular weight is 252 g/mol. The number of halogens is 2. The Morgan fingerprint density at radius 1 is 1.07 bits per heavy atom.